The monoisotopic (exact) mass is 266 g/mol. The molecule has 2 fully saturated rings. The number of carbonyl (C=O) groups is 1. The van der Waals surface area contributed by atoms with E-state index in [9.17, 15) is 4.79 Å². The fraction of sp³-hybridized carbons (Fsp3) is 0.941. The van der Waals surface area contributed by atoms with E-state index < -0.39 is 0 Å². The van der Waals surface area contributed by atoms with E-state index >= 15 is 0 Å². The van der Waals surface area contributed by atoms with Crippen LogP contribution in [0.2, 0.25) is 0 Å². The zero-order valence-corrected chi connectivity index (χ0v) is 12.7. The topological polar surface area (TPSA) is 26.3 Å². The normalized spacial score (nSPS) is 36.0. The van der Waals surface area contributed by atoms with E-state index in [0.29, 0.717) is 5.92 Å². The standard InChI is InChI=1S/C17H30O2/c1-3-4-5-6-15-11-12-16(19-17(15)18)14-9-7-13(2)8-10-14/h13-16H,3-12H2,1-2H3. The molecule has 0 radical (unpaired) electrons. The molecule has 1 saturated heterocycles. The van der Waals surface area contributed by atoms with Crippen LogP contribution in [0.3, 0.4) is 0 Å². The summed E-state index contributed by atoms with van der Waals surface area (Å²) in [5.74, 6) is 1.82. The number of rotatable bonds is 5. The minimum atomic E-state index is 0.103. The average molecular weight is 266 g/mol. The van der Waals surface area contributed by atoms with Gasteiger partial charge in [0.1, 0.15) is 6.10 Å². The predicted octanol–water partition coefficient (Wildman–Crippen LogP) is 4.71. The minimum Gasteiger partial charge on any atom is -0.462 e. The van der Waals surface area contributed by atoms with Crippen molar-refractivity contribution in [3.63, 3.8) is 0 Å². The zero-order valence-electron chi connectivity index (χ0n) is 12.7. The van der Waals surface area contributed by atoms with Crippen molar-refractivity contribution < 1.29 is 9.53 Å². The molecule has 2 atom stereocenters. The third-order valence-corrected chi connectivity index (χ3v) is 5.14. The Balaban J connectivity index is 1.74. The molecule has 0 aromatic carbocycles. The Labute approximate surface area is 118 Å². The molecular weight excluding hydrogens is 236 g/mol. The van der Waals surface area contributed by atoms with Crippen LogP contribution in [-0.4, -0.2) is 12.1 Å². The van der Waals surface area contributed by atoms with Gasteiger partial charge in [0.05, 0.1) is 5.92 Å². The van der Waals surface area contributed by atoms with Crippen molar-refractivity contribution >= 4 is 5.97 Å². The van der Waals surface area contributed by atoms with E-state index in [-0.39, 0.29) is 18.0 Å². The van der Waals surface area contributed by atoms with Gasteiger partial charge >= 0.3 is 5.97 Å². The van der Waals surface area contributed by atoms with Gasteiger partial charge in [-0.05, 0) is 43.9 Å². The fourth-order valence-electron chi connectivity index (χ4n) is 3.68. The van der Waals surface area contributed by atoms with Gasteiger partial charge in [-0.1, -0.05) is 46.0 Å². The molecule has 1 saturated carbocycles. The summed E-state index contributed by atoms with van der Waals surface area (Å²) >= 11 is 0. The second kappa shape index (κ2) is 7.31. The number of hydrogen-bond acceptors (Lipinski definition) is 2. The Kier molecular flexibility index (Phi) is 5.72. The number of cyclic esters (lactones) is 1. The first-order valence-electron chi connectivity index (χ1n) is 8.41. The number of hydrogen-bond donors (Lipinski definition) is 0. The molecule has 0 spiro atoms. The van der Waals surface area contributed by atoms with Crippen LogP contribution in [-0.2, 0) is 9.53 Å². The summed E-state index contributed by atoms with van der Waals surface area (Å²) in [6, 6.07) is 0. The van der Waals surface area contributed by atoms with Gasteiger partial charge in [0.2, 0.25) is 0 Å². The first kappa shape index (κ1) is 14.9. The Morgan fingerprint density at radius 1 is 1.05 bits per heavy atom. The highest BCUT2D eigenvalue weighted by atomic mass is 16.5. The number of carbonyl (C=O) groups excluding carboxylic acids is 1. The van der Waals surface area contributed by atoms with Gasteiger partial charge in [-0.2, -0.15) is 0 Å². The van der Waals surface area contributed by atoms with Crippen LogP contribution in [0.4, 0.5) is 0 Å². The SMILES string of the molecule is CCCCCC1CCC(C2CCC(C)CC2)OC1=O. The van der Waals surface area contributed by atoms with Crippen LogP contribution in [0.25, 0.3) is 0 Å². The molecule has 1 aliphatic carbocycles. The number of esters is 1. The smallest absolute Gasteiger partial charge is 0.309 e. The van der Waals surface area contributed by atoms with Crippen molar-refractivity contribution in [2.75, 3.05) is 0 Å². The molecule has 110 valence electrons. The summed E-state index contributed by atoms with van der Waals surface area (Å²) in [7, 11) is 0. The molecule has 2 aliphatic rings. The molecule has 2 unspecified atom stereocenters. The van der Waals surface area contributed by atoms with Crippen LogP contribution in [0.5, 0.6) is 0 Å². The molecule has 0 bridgehead atoms. The van der Waals surface area contributed by atoms with Gasteiger partial charge < -0.3 is 4.74 Å². The second-order valence-corrected chi connectivity index (χ2v) is 6.77. The first-order chi connectivity index (χ1) is 9.20. The van der Waals surface area contributed by atoms with Crippen LogP contribution < -0.4 is 0 Å². The molecule has 0 amide bonds. The highest BCUT2D eigenvalue weighted by Crippen LogP contribution is 2.36. The van der Waals surface area contributed by atoms with Crippen LogP contribution in [0, 0.1) is 17.8 Å². The van der Waals surface area contributed by atoms with Gasteiger partial charge in [-0.15, -0.1) is 0 Å². The van der Waals surface area contributed by atoms with E-state index in [1.54, 1.807) is 0 Å². The van der Waals surface area contributed by atoms with E-state index in [1.165, 1.54) is 44.9 Å². The van der Waals surface area contributed by atoms with Crippen LogP contribution >= 0.6 is 0 Å². The van der Waals surface area contributed by atoms with Crippen molar-refractivity contribution in [1.82, 2.24) is 0 Å². The molecule has 1 heterocycles. The lowest BCUT2D eigenvalue weighted by Crippen LogP contribution is -2.37. The zero-order chi connectivity index (χ0) is 13.7. The number of unbranched alkanes of at least 4 members (excludes halogenated alkanes) is 2. The summed E-state index contributed by atoms with van der Waals surface area (Å²) in [5, 5.41) is 0. The molecule has 0 aromatic heterocycles. The van der Waals surface area contributed by atoms with Gasteiger partial charge in [0, 0.05) is 0 Å². The summed E-state index contributed by atoms with van der Waals surface area (Å²) < 4.78 is 5.77. The van der Waals surface area contributed by atoms with Crippen molar-refractivity contribution in [2.24, 2.45) is 17.8 Å². The van der Waals surface area contributed by atoms with E-state index in [0.717, 1.165) is 25.2 Å². The Morgan fingerprint density at radius 2 is 1.79 bits per heavy atom. The molecule has 0 N–H and O–H groups in total. The third-order valence-electron chi connectivity index (χ3n) is 5.14. The fourth-order valence-corrected chi connectivity index (χ4v) is 3.68. The van der Waals surface area contributed by atoms with E-state index in [4.69, 9.17) is 4.74 Å². The molecule has 0 aromatic rings. The summed E-state index contributed by atoms with van der Waals surface area (Å²) in [4.78, 5) is 12.1. The summed E-state index contributed by atoms with van der Waals surface area (Å²) in [6.45, 7) is 4.55. The van der Waals surface area contributed by atoms with E-state index in [1.807, 2.05) is 0 Å². The van der Waals surface area contributed by atoms with Crippen LogP contribution in [0.15, 0.2) is 0 Å². The predicted molar refractivity (Wildman–Crippen MR) is 77.9 cm³/mol. The van der Waals surface area contributed by atoms with Gasteiger partial charge in [0.25, 0.3) is 0 Å². The molecule has 2 rings (SSSR count). The van der Waals surface area contributed by atoms with Crippen molar-refractivity contribution in [2.45, 2.75) is 84.2 Å². The van der Waals surface area contributed by atoms with Gasteiger partial charge in [0.15, 0.2) is 0 Å². The Bertz CT molecular complexity index is 279. The molecule has 19 heavy (non-hydrogen) atoms. The minimum absolute atomic E-state index is 0.103. The summed E-state index contributed by atoms with van der Waals surface area (Å²) in [6.07, 6.45) is 12.3. The second-order valence-electron chi connectivity index (χ2n) is 6.77. The highest BCUT2D eigenvalue weighted by molar-refractivity contribution is 5.73. The number of ether oxygens (including phenoxy) is 1. The third kappa shape index (κ3) is 4.22. The van der Waals surface area contributed by atoms with Crippen molar-refractivity contribution in [3.8, 4) is 0 Å². The maximum Gasteiger partial charge on any atom is 0.309 e. The van der Waals surface area contributed by atoms with Crippen molar-refractivity contribution in [3.05, 3.63) is 0 Å². The van der Waals surface area contributed by atoms with Gasteiger partial charge in [-0.25, -0.2) is 0 Å². The van der Waals surface area contributed by atoms with Gasteiger partial charge in [-0.3, -0.25) is 4.79 Å². The lowest BCUT2D eigenvalue weighted by Gasteiger charge is -2.36. The maximum absolute atomic E-state index is 12.1. The Hall–Kier alpha value is -0.530. The van der Waals surface area contributed by atoms with Crippen molar-refractivity contribution in [1.29, 1.82) is 0 Å². The quantitative estimate of drug-likeness (QED) is 0.532. The molecule has 2 heteroatoms. The largest absolute Gasteiger partial charge is 0.462 e. The lowest BCUT2D eigenvalue weighted by molar-refractivity contribution is -0.165. The van der Waals surface area contributed by atoms with Crippen LogP contribution in [0.1, 0.15) is 78.1 Å². The molecule has 1 aliphatic heterocycles. The Morgan fingerprint density at radius 3 is 2.42 bits per heavy atom. The average Bonchev–Trinajstić information content (AvgIpc) is 2.42. The maximum atomic E-state index is 12.1. The van der Waals surface area contributed by atoms with E-state index in [2.05, 4.69) is 13.8 Å². The summed E-state index contributed by atoms with van der Waals surface area (Å²) in [5.41, 5.74) is 0. The molecular formula is C17H30O2. The lowest BCUT2D eigenvalue weighted by atomic mass is 9.77. The first-order valence-corrected chi connectivity index (χ1v) is 8.41. The molecule has 2 nitrogen and oxygen atoms in total. The highest BCUT2D eigenvalue weighted by Gasteiger charge is 2.35.